The van der Waals surface area contributed by atoms with Crippen molar-refractivity contribution in [3.8, 4) is 17.2 Å². The van der Waals surface area contributed by atoms with E-state index in [1.54, 1.807) is 7.11 Å². The van der Waals surface area contributed by atoms with E-state index >= 15 is 0 Å². The van der Waals surface area contributed by atoms with Crippen molar-refractivity contribution in [1.29, 1.82) is 0 Å². The molecule has 1 saturated heterocycles. The largest absolute Gasteiger partial charge is 0.493 e. The molecule has 0 aliphatic carbocycles. The third-order valence-electron chi connectivity index (χ3n) is 3.12. The molecule has 1 aromatic carbocycles. The molecule has 0 spiro atoms. The molecule has 98 valence electrons. The fourth-order valence-corrected chi connectivity index (χ4v) is 2.05. The summed E-state index contributed by atoms with van der Waals surface area (Å²) in [6.45, 7) is 3.52. The van der Waals surface area contributed by atoms with Crippen molar-refractivity contribution in [1.82, 2.24) is 5.32 Å². The number of fused-ring (bicyclic) bond motifs is 1. The molecule has 0 unspecified atom stereocenters. The van der Waals surface area contributed by atoms with Gasteiger partial charge in [0.25, 0.3) is 0 Å². The Bertz CT molecular complexity index is 414. The number of ether oxygens (including phenoxy) is 4. The van der Waals surface area contributed by atoms with Crippen LogP contribution < -0.4 is 19.5 Å². The van der Waals surface area contributed by atoms with E-state index < -0.39 is 0 Å². The van der Waals surface area contributed by atoms with E-state index in [0.29, 0.717) is 25.0 Å². The Hall–Kier alpha value is -1.46. The highest BCUT2D eigenvalue weighted by Crippen LogP contribution is 2.40. The molecule has 0 amide bonds. The number of benzene rings is 1. The summed E-state index contributed by atoms with van der Waals surface area (Å²) in [5.74, 6) is 2.20. The molecule has 5 heteroatoms. The van der Waals surface area contributed by atoms with Gasteiger partial charge in [-0.05, 0) is 17.7 Å². The van der Waals surface area contributed by atoms with Gasteiger partial charge in [-0.2, -0.15) is 0 Å². The lowest BCUT2D eigenvalue weighted by Gasteiger charge is -2.27. The molecule has 2 aliphatic rings. The first-order valence-corrected chi connectivity index (χ1v) is 6.14. The Labute approximate surface area is 106 Å². The second-order valence-electron chi connectivity index (χ2n) is 4.44. The van der Waals surface area contributed by atoms with Crippen molar-refractivity contribution in [2.24, 2.45) is 0 Å². The molecule has 0 atom stereocenters. The van der Waals surface area contributed by atoms with E-state index in [-0.39, 0.29) is 0 Å². The highest BCUT2D eigenvalue weighted by molar-refractivity contribution is 5.54. The Kier molecular flexibility index (Phi) is 3.25. The van der Waals surface area contributed by atoms with Crippen LogP contribution in [0.15, 0.2) is 12.1 Å². The second kappa shape index (κ2) is 5.04. The van der Waals surface area contributed by atoms with Crippen LogP contribution in [0.1, 0.15) is 5.56 Å². The molecular weight excluding hydrogens is 234 g/mol. The molecule has 18 heavy (non-hydrogen) atoms. The van der Waals surface area contributed by atoms with Crippen LogP contribution in [0.3, 0.4) is 0 Å². The van der Waals surface area contributed by atoms with E-state index in [4.69, 9.17) is 18.9 Å². The Morgan fingerprint density at radius 1 is 1.28 bits per heavy atom. The lowest BCUT2D eigenvalue weighted by Crippen LogP contribution is -2.45. The second-order valence-corrected chi connectivity index (χ2v) is 4.44. The molecule has 2 heterocycles. The quantitative estimate of drug-likeness (QED) is 0.863. The van der Waals surface area contributed by atoms with E-state index in [0.717, 1.165) is 36.8 Å². The summed E-state index contributed by atoms with van der Waals surface area (Å²) in [6.07, 6.45) is 0. The van der Waals surface area contributed by atoms with Crippen molar-refractivity contribution in [2.45, 2.75) is 12.6 Å². The summed E-state index contributed by atoms with van der Waals surface area (Å²) in [4.78, 5) is 0. The molecule has 1 fully saturated rings. The van der Waals surface area contributed by atoms with E-state index in [1.165, 1.54) is 0 Å². The monoisotopic (exact) mass is 251 g/mol. The first-order chi connectivity index (χ1) is 8.86. The zero-order valence-electron chi connectivity index (χ0n) is 10.4. The van der Waals surface area contributed by atoms with Crippen molar-refractivity contribution in [3.63, 3.8) is 0 Å². The number of hydrogen-bond acceptors (Lipinski definition) is 5. The number of nitrogens with one attached hydrogen (secondary N) is 1. The third kappa shape index (κ3) is 2.23. The van der Waals surface area contributed by atoms with Crippen LogP contribution in [0.5, 0.6) is 17.2 Å². The highest BCUT2D eigenvalue weighted by atomic mass is 16.6. The normalized spacial score (nSPS) is 18.3. The van der Waals surface area contributed by atoms with Gasteiger partial charge in [-0.1, -0.05) is 0 Å². The lowest BCUT2D eigenvalue weighted by atomic mass is 10.1. The van der Waals surface area contributed by atoms with Crippen LogP contribution in [-0.2, 0) is 11.3 Å². The molecule has 0 saturated carbocycles. The van der Waals surface area contributed by atoms with Crippen molar-refractivity contribution in [2.75, 3.05) is 33.5 Å². The number of methoxy groups -OCH3 is 1. The van der Waals surface area contributed by atoms with Crippen LogP contribution in [0.4, 0.5) is 0 Å². The molecule has 1 aromatic rings. The van der Waals surface area contributed by atoms with Gasteiger partial charge in [-0.3, -0.25) is 0 Å². The number of hydrogen-bond donors (Lipinski definition) is 1. The highest BCUT2D eigenvalue weighted by Gasteiger charge is 2.20. The standard InChI is InChI=1S/C13H17NO4/c1-15-11-4-9(6-14-10-7-16-8-10)5-12-13(11)18-3-2-17-12/h4-5,10,14H,2-3,6-8H2,1H3. The summed E-state index contributed by atoms with van der Waals surface area (Å²) >= 11 is 0. The third-order valence-corrected chi connectivity index (χ3v) is 3.12. The van der Waals surface area contributed by atoms with Crippen LogP contribution in [0.2, 0.25) is 0 Å². The van der Waals surface area contributed by atoms with Gasteiger partial charge in [0, 0.05) is 6.54 Å². The maximum atomic E-state index is 5.60. The van der Waals surface area contributed by atoms with Crippen LogP contribution in [0, 0.1) is 0 Å². The summed E-state index contributed by atoms with van der Waals surface area (Å²) in [6, 6.07) is 4.45. The maximum absolute atomic E-state index is 5.60. The van der Waals surface area contributed by atoms with Crippen LogP contribution >= 0.6 is 0 Å². The average molecular weight is 251 g/mol. The van der Waals surface area contributed by atoms with E-state index in [1.807, 2.05) is 12.1 Å². The van der Waals surface area contributed by atoms with Crippen LogP contribution in [0.25, 0.3) is 0 Å². The SMILES string of the molecule is COc1cc(CNC2COC2)cc2c1OCCO2. The average Bonchev–Trinajstić information content (AvgIpc) is 2.36. The first kappa shape index (κ1) is 11.6. The molecule has 0 bridgehead atoms. The molecule has 5 nitrogen and oxygen atoms in total. The van der Waals surface area contributed by atoms with Crippen molar-refractivity contribution >= 4 is 0 Å². The van der Waals surface area contributed by atoms with Crippen LogP contribution in [-0.4, -0.2) is 39.6 Å². The Morgan fingerprint density at radius 3 is 2.83 bits per heavy atom. The van der Waals surface area contributed by atoms with Gasteiger partial charge in [0.1, 0.15) is 13.2 Å². The minimum atomic E-state index is 0.462. The molecular formula is C13H17NO4. The zero-order chi connectivity index (χ0) is 12.4. The zero-order valence-corrected chi connectivity index (χ0v) is 10.4. The maximum Gasteiger partial charge on any atom is 0.203 e. The Morgan fingerprint density at radius 2 is 2.11 bits per heavy atom. The van der Waals surface area contributed by atoms with Gasteiger partial charge in [-0.15, -0.1) is 0 Å². The predicted molar refractivity (Wildman–Crippen MR) is 65.4 cm³/mol. The summed E-state index contributed by atoms with van der Waals surface area (Å²) in [5.41, 5.74) is 1.13. The summed E-state index contributed by atoms with van der Waals surface area (Å²) in [5, 5.41) is 3.42. The number of rotatable bonds is 4. The molecule has 0 radical (unpaired) electrons. The molecule has 0 aromatic heterocycles. The summed E-state index contributed by atoms with van der Waals surface area (Å²) < 4.78 is 21.6. The topological polar surface area (TPSA) is 49.0 Å². The smallest absolute Gasteiger partial charge is 0.203 e. The van der Waals surface area contributed by atoms with Gasteiger partial charge in [-0.25, -0.2) is 0 Å². The van der Waals surface area contributed by atoms with Gasteiger partial charge in [0.05, 0.1) is 26.4 Å². The van der Waals surface area contributed by atoms with Gasteiger partial charge in [0.15, 0.2) is 11.5 Å². The molecule has 1 N–H and O–H groups in total. The van der Waals surface area contributed by atoms with E-state index in [2.05, 4.69) is 5.32 Å². The first-order valence-electron chi connectivity index (χ1n) is 6.14. The fourth-order valence-electron chi connectivity index (χ4n) is 2.05. The Balaban J connectivity index is 1.76. The minimum absolute atomic E-state index is 0.462. The van der Waals surface area contributed by atoms with Crippen molar-refractivity contribution < 1.29 is 18.9 Å². The van der Waals surface area contributed by atoms with E-state index in [9.17, 15) is 0 Å². The van der Waals surface area contributed by atoms with Crippen molar-refractivity contribution in [3.05, 3.63) is 17.7 Å². The molecule has 2 aliphatic heterocycles. The molecule has 3 rings (SSSR count). The lowest BCUT2D eigenvalue weighted by molar-refractivity contribution is -0.00580. The minimum Gasteiger partial charge on any atom is -0.493 e. The van der Waals surface area contributed by atoms with Gasteiger partial charge >= 0.3 is 0 Å². The van der Waals surface area contributed by atoms with Gasteiger partial charge in [0.2, 0.25) is 5.75 Å². The van der Waals surface area contributed by atoms with Gasteiger partial charge < -0.3 is 24.3 Å². The summed E-state index contributed by atoms with van der Waals surface area (Å²) in [7, 11) is 1.64. The predicted octanol–water partition coefficient (Wildman–Crippen LogP) is 0.955. The fraction of sp³-hybridized carbons (Fsp3) is 0.538.